The van der Waals surface area contributed by atoms with Crippen molar-refractivity contribution < 1.29 is 13.2 Å². The Bertz CT molecular complexity index is 949. The summed E-state index contributed by atoms with van der Waals surface area (Å²) < 4.78 is 23.7. The number of benzene rings is 2. The Balaban J connectivity index is 2.04. The summed E-state index contributed by atoms with van der Waals surface area (Å²) >= 11 is 5.94. The van der Waals surface area contributed by atoms with Gasteiger partial charge in [-0.3, -0.25) is 4.79 Å². The van der Waals surface area contributed by atoms with E-state index in [2.05, 4.69) is 0 Å². The highest BCUT2D eigenvalue weighted by molar-refractivity contribution is 7.94. The summed E-state index contributed by atoms with van der Waals surface area (Å²) in [5, 5.41) is 1.73. The van der Waals surface area contributed by atoms with E-state index in [1.807, 2.05) is 26.0 Å². The molecule has 0 aliphatic carbocycles. The number of hydrogen-bond acceptors (Lipinski definition) is 3. The summed E-state index contributed by atoms with van der Waals surface area (Å²) in [4.78, 5) is 14.7. The molecule has 4 nitrogen and oxygen atoms in total. The van der Waals surface area contributed by atoms with Gasteiger partial charge in [0.05, 0.1) is 11.8 Å². The van der Waals surface area contributed by atoms with Gasteiger partial charge in [0.1, 0.15) is 0 Å². The van der Waals surface area contributed by atoms with Gasteiger partial charge >= 0.3 is 0 Å². The molecule has 0 spiro atoms. The van der Waals surface area contributed by atoms with Crippen molar-refractivity contribution in [1.29, 1.82) is 0 Å². The Morgan fingerprint density at radius 2 is 1.76 bits per heavy atom. The molecule has 1 atom stereocenters. The molecule has 0 aromatic heterocycles. The highest BCUT2D eigenvalue weighted by atomic mass is 35.5. The first-order valence-corrected chi connectivity index (χ1v) is 9.93. The zero-order valence-electron chi connectivity index (χ0n) is 13.9. The van der Waals surface area contributed by atoms with Crippen LogP contribution in [-0.4, -0.2) is 26.1 Å². The van der Waals surface area contributed by atoms with E-state index in [-0.39, 0.29) is 11.7 Å². The van der Waals surface area contributed by atoms with Gasteiger partial charge in [0.25, 0.3) is 5.91 Å². The lowest BCUT2D eigenvalue weighted by Crippen LogP contribution is -2.41. The van der Waals surface area contributed by atoms with Crippen LogP contribution in [-0.2, 0) is 9.84 Å². The van der Waals surface area contributed by atoms with Gasteiger partial charge in [0.2, 0.25) is 0 Å². The van der Waals surface area contributed by atoms with Crippen LogP contribution < -0.4 is 4.90 Å². The minimum absolute atomic E-state index is 0.119. The molecular weight excluding hydrogens is 358 g/mol. The number of hydrogen-bond donors (Lipinski definition) is 0. The van der Waals surface area contributed by atoms with Crippen LogP contribution >= 0.6 is 11.6 Å². The van der Waals surface area contributed by atoms with Crippen molar-refractivity contribution in [3.8, 4) is 0 Å². The summed E-state index contributed by atoms with van der Waals surface area (Å²) in [5.41, 5.74) is 3.24. The number of halogens is 1. The van der Waals surface area contributed by atoms with Crippen LogP contribution in [0, 0.1) is 13.8 Å². The van der Waals surface area contributed by atoms with E-state index in [9.17, 15) is 13.2 Å². The number of rotatable bonds is 3. The van der Waals surface area contributed by atoms with Gasteiger partial charge in [0.15, 0.2) is 9.84 Å². The molecule has 2 aromatic carbocycles. The minimum atomic E-state index is -3.29. The smallest absolute Gasteiger partial charge is 0.258 e. The van der Waals surface area contributed by atoms with Crippen LogP contribution in [0.25, 0.3) is 0 Å². The van der Waals surface area contributed by atoms with Crippen molar-refractivity contribution >= 4 is 33.0 Å². The summed E-state index contributed by atoms with van der Waals surface area (Å²) in [5.74, 6) is -0.358. The van der Waals surface area contributed by atoms with Crippen molar-refractivity contribution in [3.63, 3.8) is 0 Å². The molecule has 1 aliphatic heterocycles. The van der Waals surface area contributed by atoms with Crippen molar-refractivity contribution in [2.45, 2.75) is 19.9 Å². The van der Waals surface area contributed by atoms with E-state index in [1.165, 1.54) is 10.3 Å². The first-order chi connectivity index (χ1) is 11.8. The van der Waals surface area contributed by atoms with Crippen molar-refractivity contribution in [2.75, 3.05) is 10.7 Å². The fourth-order valence-corrected chi connectivity index (χ4v) is 4.19. The maximum Gasteiger partial charge on any atom is 0.258 e. The number of anilines is 1. The predicted molar refractivity (Wildman–Crippen MR) is 101 cm³/mol. The monoisotopic (exact) mass is 375 g/mol. The lowest BCUT2D eigenvalue weighted by Gasteiger charge is -2.28. The molecule has 1 amide bonds. The van der Waals surface area contributed by atoms with E-state index in [0.717, 1.165) is 11.1 Å². The van der Waals surface area contributed by atoms with Crippen LogP contribution in [0.2, 0.25) is 5.02 Å². The lowest BCUT2D eigenvalue weighted by molar-refractivity contribution is 0.0983. The van der Waals surface area contributed by atoms with Crippen molar-refractivity contribution in [3.05, 3.63) is 75.7 Å². The van der Waals surface area contributed by atoms with Crippen LogP contribution in [0.5, 0.6) is 0 Å². The molecule has 1 aliphatic rings. The van der Waals surface area contributed by atoms with E-state index < -0.39 is 15.9 Å². The van der Waals surface area contributed by atoms with Crippen LogP contribution in [0.1, 0.15) is 21.5 Å². The molecule has 0 saturated carbocycles. The average molecular weight is 376 g/mol. The molecule has 1 heterocycles. The van der Waals surface area contributed by atoms with Gasteiger partial charge in [-0.1, -0.05) is 17.7 Å². The molecule has 0 fully saturated rings. The van der Waals surface area contributed by atoms with Crippen LogP contribution in [0.4, 0.5) is 5.69 Å². The Morgan fingerprint density at radius 3 is 2.32 bits per heavy atom. The number of nitrogens with zero attached hydrogens (tertiary/aromatic N) is 1. The van der Waals surface area contributed by atoms with Gasteiger partial charge in [-0.2, -0.15) is 0 Å². The van der Waals surface area contributed by atoms with E-state index in [4.69, 9.17) is 11.6 Å². The van der Waals surface area contributed by atoms with E-state index >= 15 is 0 Å². The second-order valence-electron chi connectivity index (χ2n) is 6.18. The second-order valence-corrected chi connectivity index (χ2v) is 8.54. The predicted octanol–water partition coefficient (Wildman–Crippen LogP) is 3.91. The largest absolute Gasteiger partial charge is 0.300 e. The normalized spacial score (nSPS) is 18.3. The summed E-state index contributed by atoms with van der Waals surface area (Å²) in [6.07, 6.45) is 1.56. The molecule has 130 valence electrons. The lowest BCUT2D eigenvalue weighted by atomic mass is 10.0. The maximum absolute atomic E-state index is 13.2. The molecule has 0 bridgehead atoms. The highest BCUT2D eigenvalue weighted by Gasteiger charge is 2.32. The molecule has 1 unspecified atom stereocenters. The number of carbonyl (C=O) groups is 1. The quantitative estimate of drug-likeness (QED) is 0.817. The molecule has 25 heavy (non-hydrogen) atoms. The topological polar surface area (TPSA) is 54.5 Å². The second kappa shape index (κ2) is 6.65. The summed E-state index contributed by atoms with van der Waals surface area (Å²) in [7, 11) is -3.29. The maximum atomic E-state index is 13.2. The molecule has 2 aromatic rings. The highest BCUT2D eigenvalue weighted by Crippen LogP contribution is 2.26. The van der Waals surface area contributed by atoms with Gasteiger partial charge in [-0.15, -0.1) is 0 Å². The minimum Gasteiger partial charge on any atom is -0.300 e. The molecule has 6 heteroatoms. The Kier molecular flexibility index (Phi) is 4.71. The number of aryl methyl sites for hydroxylation is 2. The van der Waals surface area contributed by atoms with Crippen LogP contribution in [0.15, 0.2) is 53.9 Å². The standard InChI is InChI=1S/C19H18ClNO3S/c1-13-3-4-15(11-14(13)2)19(22)21(17-7-5-16(20)6-8-17)18-9-10-25(23,24)12-18/h3-11,18H,12H2,1-2H3. The third-order valence-electron chi connectivity index (χ3n) is 4.32. The van der Waals surface area contributed by atoms with E-state index in [0.29, 0.717) is 16.3 Å². The third kappa shape index (κ3) is 3.78. The number of sulfone groups is 1. The SMILES string of the molecule is Cc1ccc(C(=O)N(c2ccc(Cl)cc2)C2C=CS(=O)(=O)C2)cc1C. The molecule has 0 saturated heterocycles. The Hall–Kier alpha value is -2.11. The molecule has 0 N–H and O–H groups in total. The fraction of sp³-hybridized carbons (Fsp3) is 0.211. The van der Waals surface area contributed by atoms with Crippen LogP contribution in [0.3, 0.4) is 0 Å². The van der Waals surface area contributed by atoms with Gasteiger partial charge in [0, 0.05) is 21.7 Å². The molecule has 3 rings (SSSR count). The summed E-state index contributed by atoms with van der Waals surface area (Å²) in [6, 6.07) is 11.8. The fourth-order valence-electron chi connectivity index (χ4n) is 2.79. The molecular formula is C19H18ClNO3S. The molecule has 0 radical (unpaired) electrons. The van der Waals surface area contributed by atoms with Gasteiger partial charge < -0.3 is 4.90 Å². The average Bonchev–Trinajstić information content (AvgIpc) is 2.91. The first-order valence-electron chi connectivity index (χ1n) is 7.84. The number of amides is 1. The zero-order valence-corrected chi connectivity index (χ0v) is 15.5. The summed E-state index contributed by atoms with van der Waals surface area (Å²) in [6.45, 7) is 3.92. The van der Waals surface area contributed by atoms with Gasteiger partial charge in [-0.05, 0) is 67.4 Å². The number of carbonyl (C=O) groups excluding carboxylic acids is 1. The van der Waals surface area contributed by atoms with Crippen molar-refractivity contribution in [2.24, 2.45) is 0 Å². The van der Waals surface area contributed by atoms with Crippen molar-refractivity contribution in [1.82, 2.24) is 0 Å². The Morgan fingerprint density at radius 1 is 1.08 bits per heavy atom. The third-order valence-corrected chi connectivity index (χ3v) is 5.95. The van der Waals surface area contributed by atoms with Gasteiger partial charge in [-0.25, -0.2) is 8.42 Å². The zero-order chi connectivity index (χ0) is 18.2. The van der Waals surface area contributed by atoms with E-state index in [1.54, 1.807) is 36.4 Å². The first kappa shape index (κ1) is 17.7. The Labute approximate surface area is 152 Å².